The van der Waals surface area contributed by atoms with Crippen molar-refractivity contribution in [1.82, 2.24) is 9.88 Å². The number of pyridine rings is 1. The molecule has 1 heterocycles. The third kappa shape index (κ3) is 3.43. The molecule has 1 rings (SSSR count). The Morgan fingerprint density at radius 1 is 1.47 bits per heavy atom. The first-order valence-corrected chi connectivity index (χ1v) is 5.36. The maximum atomic E-state index is 11.7. The average molecular weight is 238 g/mol. The number of carbonyl (C=O) groups excluding carboxylic acids is 1. The number of carbonyl (C=O) groups is 1. The molecule has 1 aromatic rings. The minimum Gasteiger partial charge on any atom is -0.423 e. The van der Waals surface area contributed by atoms with E-state index in [0.717, 1.165) is 0 Å². The Morgan fingerprint density at radius 3 is 2.65 bits per heavy atom. The molecule has 0 aliphatic carbocycles. The number of hydrogen-bond acceptors (Lipinski definition) is 5. The highest BCUT2D eigenvalue weighted by molar-refractivity contribution is 6.59. The van der Waals surface area contributed by atoms with Gasteiger partial charge in [-0.1, -0.05) is 0 Å². The summed E-state index contributed by atoms with van der Waals surface area (Å²) in [6, 6.07) is 1.38. The van der Waals surface area contributed by atoms with Gasteiger partial charge in [0.25, 0.3) is 0 Å². The Labute approximate surface area is 100.0 Å². The highest BCUT2D eigenvalue weighted by atomic mass is 16.6. The summed E-state index contributed by atoms with van der Waals surface area (Å²) in [5.41, 5.74) is 0.112. The molecule has 6 nitrogen and oxygen atoms in total. The minimum absolute atomic E-state index is 0.0550. The SMILES string of the molecule is CCN(CC)C(=O)Oc1cnccc1B(O)O. The molecule has 0 atom stereocenters. The molecule has 92 valence electrons. The van der Waals surface area contributed by atoms with Gasteiger partial charge in [0.1, 0.15) is 0 Å². The van der Waals surface area contributed by atoms with E-state index in [1.165, 1.54) is 23.4 Å². The third-order valence-corrected chi connectivity index (χ3v) is 2.31. The normalized spacial score (nSPS) is 9.88. The first-order valence-electron chi connectivity index (χ1n) is 5.36. The number of nitrogens with zero attached hydrogens (tertiary/aromatic N) is 2. The monoisotopic (exact) mass is 238 g/mol. The predicted molar refractivity (Wildman–Crippen MR) is 63.0 cm³/mol. The van der Waals surface area contributed by atoms with Crippen LogP contribution in [0.4, 0.5) is 4.79 Å². The standard InChI is InChI=1S/C10H15BN2O4/c1-3-13(4-2)10(14)17-9-7-12-6-5-8(9)11(15)16/h5-7,15-16H,3-4H2,1-2H3. The van der Waals surface area contributed by atoms with E-state index in [2.05, 4.69) is 4.98 Å². The molecule has 0 spiro atoms. The van der Waals surface area contributed by atoms with Gasteiger partial charge in [0, 0.05) is 24.7 Å². The van der Waals surface area contributed by atoms with Crippen LogP contribution >= 0.6 is 0 Å². The maximum absolute atomic E-state index is 11.7. The Morgan fingerprint density at radius 2 is 2.12 bits per heavy atom. The second kappa shape index (κ2) is 6.22. The van der Waals surface area contributed by atoms with Crippen molar-refractivity contribution in [2.45, 2.75) is 13.8 Å². The van der Waals surface area contributed by atoms with E-state index in [0.29, 0.717) is 13.1 Å². The van der Waals surface area contributed by atoms with Gasteiger partial charge in [0.05, 0.1) is 6.20 Å². The Balaban J connectivity index is 2.84. The van der Waals surface area contributed by atoms with Crippen molar-refractivity contribution >= 4 is 18.7 Å². The van der Waals surface area contributed by atoms with Gasteiger partial charge in [-0.2, -0.15) is 0 Å². The fourth-order valence-corrected chi connectivity index (χ4v) is 1.33. The highest BCUT2D eigenvalue weighted by Gasteiger charge is 2.20. The molecular weight excluding hydrogens is 223 g/mol. The predicted octanol–water partition coefficient (Wildman–Crippen LogP) is -0.398. The lowest BCUT2D eigenvalue weighted by Crippen LogP contribution is -2.37. The van der Waals surface area contributed by atoms with Crippen LogP contribution in [-0.2, 0) is 0 Å². The van der Waals surface area contributed by atoms with E-state index in [4.69, 9.17) is 14.8 Å². The lowest BCUT2D eigenvalue weighted by Gasteiger charge is -2.18. The molecule has 0 aromatic carbocycles. The molecule has 0 saturated heterocycles. The van der Waals surface area contributed by atoms with E-state index in [1.807, 2.05) is 13.8 Å². The molecule has 7 heteroatoms. The van der Waals surface area contributed by atoms with Crippen molar-refractivity contribution in [2.75, 3.05) is 13.1 Å². The van der Waals surface area contributed by atoms with Crippen molar-refractivity contribution in [2.24, 2.45) is 0 Å². The van der Waals surface area contributed by atoms with E-state index >= 15 is 0 Å². The first-order chi connectivity index (χ1) is 8.10. The molecule has 0 aliphatic rings. The molecule has 1 aromatic heterocycles. The zero-order chi connectivity index (χ0) is 12.8. The van der Waals surface area contributed by atoms with Crippen LogP contribution in [0, 0.1) is 0 Å². The number of hydrogen-bond donors (Lipinski definition) is 2. The number of ether oxygens (including phenoxy) is 1. The average Bonchev–Trinajstić information content (AvgIpc) is 2.31. The van der Waals surface area contributed by atoms with Gasteiger partial charge in [-0.15, -0.1) is 0 Å². The Bertz CT molecular complexity index is 382. The van der Waals surface area contributed by atoms with Crippen molar-refractivity contribution in [1.29, 1.82) is 0 Å². The summed E-state index contributed by atoms with van der Waals surface area (Å²) in [7, 11) is -1.70. The van der Waals surface area contributed by atoms with Crippen LogP contribution in [0.3, 0.4) is 0 Å². The van der Waals surface area contributed by atoms with Crippen LogP contribution in [-0.4, -0.2) is 46.2 Å². The van der Waals surface area contributed by atoms with Gasteiger partial charge in [-0.05, 0) is 19.9 Å². The minimum atomic E-state index is -1.70. The summed E-state index contributed by atoms with van der Waals surface area (Å²) in [5.74, 6) is 0.0550. The zero-order valence-electron chi connectivity index (χ0n) is 9.83. The van der Waals surface area contributed by atoms with Crippen molar-refractivity contribution in [3.63, 3.8) is 0 Å². The Hall–Kier alpha value is -1.60. The van der Waals surface area contributed by atoms with Crippen LogP contribution in [0.25, 0.3) is 0 Å². The Kier molecular flexibility index (Phi) is 4.93. The molecule has 0 radical (unpaired) electrons. The molecule has 0 bridgehead atoms. The third-order valence-electron chi connectivity index (χ3n) is 2.31. The summed E-state index contributed by atoms with van der Waals surface area (Å²) < 4.78 is 5.06. The van der Waals surface area contributed by atoms with Gasteiger partial charge in [0.2, 0.25) is 0 Å². The highest BCUT2D eigenvalue weighted by Crippen LogP contribution is 2.07. The van der Waals surface area contributed by atoms with Crippen molar-refractivity contribution in [3.05, 3.63) is 18.5 Å². The van der Waals surface area contributed by atoms with Gasteiger partial charge in [-0.3, -0.25) is 4.98 Å². The molecular formula is C10H15BN2O4. The van der Waals surface area contributed by atoms with Crippen LogP contribution < -0.4 is 10.2 Å². The molecule has 2 N–H and O–H groups in total. The molecule has 0 fully saturated rings. The van der Waals surface area contributed by atoms with Crippen LogP contribution in [0.1, 0.15) is 13.8 Å². The van der Waals surface area contributed by atoms with Crippen molar-refractivity contribution < 1.29 is 19.6 Å². The summed E-state index contributed by atoms with van der Waals surface area (Å²) in [6.45, 7) is 4.70. The molecule has 0 aliphatic heterocycles. The largest absolute Gasteiger partial charge is 0.492 e. The fraction of sp³-hybridized carbons (Fsp3) is 0.400. The number of amides is 1. The van der Waals surface area contributed by atoms with Gasteiger partial charge >= 0.3 is 13.2 Å². The lowest BCUT2D eigenvalue weighted by molar-refractivity contribution is 0.157. The van der Waals surface area contributed by atoms with E-state index in [1.54, 1.807) is 0 Å². The smallest absolute Gasteiger partial charge is 0.423 e. The summed E-state index contributed by atoms with van der Waals surface area (Å²) >= 11 is 0. The second-order valence-corrected chi connectivity index (χ2v) is 3.33. The van der Waals surface area contributed by atoms with E-state index < -0.39 is 13.2 Å². The van der Waals surface area contributed by atoms with Gasteiger partial charge in [-0.25, -0.2) is 4.79 Å². The molecule has 0 saturated carbocycles. The van der Waals surface area contributed by atoms with Crippen LogP contribution in [0.5, 0.6) is 5.75 Å². The fourth-order valence-electron chi connectivity index (χ4n) is 1.33. The van der Waals surface area contributed by atoms with Gasteiger partial charge < -0.3 is 19.7 Å². The quantitative estimate of drug-likeness (QED) is 0.697. The van der Waals surface area contributed by atoms with E-state index in [-0.39, 0.29) is 11.2 Å². The van der Waals surface area contributed by atoms with Crippen LogP contribution in [0.2, 0.25) is 0 Å². The maximum Gasteiger partial charge on any atom is 0.492 e. The van der Waals surface area contributed by atoms with Crippen molar-refractivity contribution in [3.8, 4) is 5.75 Å². The topological polar surface area (TPSA) is 82.9 Å². The molecule has 0 unspecified atom stereocenters. The summed E-state index contributed by atoms with van der Waals surface area (Å²) in [4.78, 5) is 16.9. The van der Waals surface area contributed by atoms with Gasteiger partial charge in [0.15, 0.2) is 5.75 Å². The number of aromatic nitrogens is 1. The zero-order valence-corrected chi connectivity index (χ0v) is 9.83. The molecule has 17 heavy (non-hydrogen) atoms. The number of rotatable bonds is 4. The summed E-state index contributed by atoms with van der Waals surface area (Å²) in [5, 5.41) is 18.2. The lowest BCUT2D eigenvalue weighted by atomic mass is 9.80. The van der Waals surface area contributed by atoms with E-state index in [9.17, 15) is 4.79 Å². The van der Waals surface area contributed by atoms with Crippen LogP contribution in [0.15, 0.2) is 18.5 Å². The first kappa shape index (κ1) is 13.5. The summed E-state index contributed by atoms with van der Waals surface area (Å²) in [6.07, 6.45) is 2.13. The second-order valence-electron chi connectivity index (χ2n) is 3.33. The molecule has 1 amide bonds.